The minimum Gasteiger partial charge on any atom is -0.493 e. The van der Waals surface area contributed by atoms with Crippen molar-refractivity contribution in [2.45, 2.75) is 71.8 Å². The van der Waals surface area contributed by atoms with Crippen molar-refractivity contribution < 1.29 is 28.8 Å². The van der Waals surface area contributed by atoms with E-state index in [1.165, 1.54) is 5.69 Å². The van der Waals surface area contributed by atoms with Gasteiger partial charge in [0.2, 0.25) is 0 Å². The first-order valence-corrected chi connectivity index (χ1v) is 21.2. The summed E-state index contributed by atoms with van der Waals surface area (Å²) in [6.45, 7) is 13.2. The summed E-state index contributed by atoms with van der Waals surface area (Å²) >= 11 is 0. The fraction of sp³-hybridized carbons (Fsp3) is 0.417. The second-order valence-corrected chi connectivity index (χ2v) is 16.1. The van der Waals surface area contributed by atoms with Gasteiger partial charge in [-0.25, -0.2) is 4.79 Å². The molecular formula is C48H57N5O6. The zero-order valence-electron chi connectivity index (χ0n) is 34.9. The molecule has 6 aromatic rings. The Kier molecular flexibility index (Phi) is 12.5. The number of aryl methyl sites for hydroxylation is 3. The van der Waals surface area contributed by atoms with Gasteiger partial charge in [-0.2, -0.15) is 5.10 Å². The zero-order valence-corrected chi connectivity index (χ0v) is 34.9. The van der Waals surface area contributed by atoms with Crippen molar-refractivity contribution in [2.75, 3.05) is 57.4 Å². The van der Waals surface area contributed by atoms with Crippen molar-refractivity contribution in [1.29, 1.82) is 0 Å². The molecule has 11 nitrogen and oxygen atoms in total. The molecule has 59 heavy (non-hydrogen) atoms. The van der Waals surface area contributed by atoms with E-state index in [-0.39, 0.29) is 6.10 Å². The van der Waals surface area contributed by atoms with E-state index in [2.05, 4.69) is 66.1 Å². The van der Waals surface area contributed by atoms with Gasteiger partial charge in [0, 0.05) is 73.9 Å². The summed E-state index contributed by atoms with van der Waals surface area (Å²) in [7, 11) is 1.95. The van der Waals surface area contributed by atoms with E-state index < -0.39 is 5.97 Å². The highest BCUT2D eigenvalue weighted by molar-refractivity contribution is 6.04. The Bertz CT molecular complexity index is 2360. The van der Waals surface area contributed by atoms with E-state index in [9.17, 15) is 9.90 Å². The van der Waals surface area contributed by atoms with Crippen LogP contribution in [0.3, 0.4) is 0 Å². The van der Waals surface area contributed by atoms with Crippen LogP contribution in [0.4, 0.5) is 5.69 Å². The van der Waals surface area contributed by atoms with E-state index >= 15 is 0 Å². The Labute approximate surface area is 347 Å². The summed E-state index contributed by atoms with van der Waals surface area (Å²) in [6.07, 6.45) is 3.84. The van der Waals surface area contributed by atoms with Gasteiger partial charge in [-0.1, -0.05) is 54.6 Å². The predicted molar refractivity (Wildman–Crippen MR) is 233 cm³/mol. The number of anilines is 1. The fourth-order valence-electron chi connectivity index (χ4n) is 8.98. The van der Waals surface area contributed by atoms with E-state index in [0.717, 1.165) is 100 Å². The summed E-state index contributed by atoms with van der Waals surface area (Å²) in [6, 6.07) is 28.9. The Morgan fingerprint density at radius 1 is 0.881 bits per heavy atom. The van der Waals surface area contributed by atoms with Crippen LogP contribution in [0.5, 0.6) is 11.5 Å². The number of nitrogens with zero attached hydrogens (tertiary/aromatic N) is 5. The first kappa shape index (κ1) is 40.4. The monoisotopic (exact) mass is 799 g/mol. The lowest BCUT2D eigenvalue weighted by atomic mass is 9.98. The number of carboxylic acids is 1. The maximum atomic E-state index is 13.4. The molecule has 2 aromatic heterocycles. The molecule has 4 heterocycles. The summed E-state index contributed by atoms with van der Waals surface area (Å²) in [5.41, 5.74) is 6.97. The number of hydrogen-bond acceptors (Lipinski definition) is 8. The molecule has 310 valence electrons. The molecule has 0 amide bonds. The van der Waals surface area contributed by atoms with Crippen LogP contribution in [-0.2, 0) is 36.1 Å². The van der Waals surface area contributed by atoms with Crippen molar-refractivity contribution in [2.24, 2.45) is 7.05 Å². The van der Waals surface area contributed by atoms with E-state index in [4.69, 9.17) is 24.0 Å². The third-order valence-corrected chi connectivity index (χ3v) is 11.8. The van der Waals surface area contributed by atoms with Gasteiger partial charge >= 0.3 is 5.97 Å². The molecule has 11 heteroatoms. The number of fused-ring (bicyclic) bond motifs is 2. The molecule has 0 atom stereocenters. The molecule has 2 aliphatic heterocycles. The number of carbonyl (C=O) groups is 1. The molecule has 2 saturated heterocycles. The van der Waals surface area contributed by atoms with Crippen molar-refractivity contribution in [3.63, 3.8) is 0 Å². The molecule has 2 aliphatic rings. The SMILES string of the molecule is Cc1nn(C)c(COc2ccc(N3CCC(OC(C)C)CC3)cc2)c1-c1cccc2c(CCCOc3cccc4ccccc34)c(C(=O)O)n(CCN3CCOCC3)c12. The maximum Gasteiger partial charge on any atom is 0.352 e. The van der Waals surface area contributed by atoms with E-state index in [0.29, 0.717) is 64.2 Å². The molecule has 4 aromatic carbocycles. The number of benzene rings is 4. The maximum absolute atomic E-state index is 13.4. The van der Waals surface area contributed by atoms with Crippen LogP contribution in [0, 0.1) is 6.92 Å². The van der Waals surface area contributed by atoms with Gasteiger partial charge in [0.15, 0.2) is 0 Å². The number of ether oxygens (including phenoxy) is 4. The van der Waals surface area contributed by atoms with E-state index in [1.54, 1.807) is 0 Å². The molecule has 0 aliphatic carbocycles. The fourth-order valence-corrected chi connectivity index (χ4v) is 8.98. The normalized spacial score (nSPS) is 15.4. The lowest BCUT2D eigenvalue weighted by Gasteiger charge is -2.34. The third kappa shape index (κ3) is 8.98. The molecule has 0 spiro atoms. The van der Waals surface area contributed by atoms with Crippen molar-refractivity contribution >= 4 is 33.3 Å². The quantitative estimate of drug-likeness (QED) is 0.0966. The molecule has 0 saturated carbocycles. The summed E-state index contributed by atoms with van der Waals surface area (Å²) in [5, 5.41) is 19.0. The lowest BCUT2D eigenvalue weighted by molar-refractivity contribution is -0.00478. The average Bonchev–Trinajstić information content (AvgIpc) is 3.73. The molecule has 0 unspecified atom stereocenters. The van der Waals surface area contributed by atoms with Crippen LogP contribution < -0.4 is 14.4 Å². The van der Waals surface area contributed by atoms with Gasteiger partial charge in [0.05, 0.1) is 48.9 Å². The van der Waals surface area contributed by atoms with Crippen LogP contribution in [-0.4, -0.2) is 95.1 Å². The smallest absolute Gasteiger partial charge is 0.352 e. The molecule has 0 radical (unpaired) electrons. The topological polar surface area (TPSA) is 103 Å². The van der Waals surface area contributed by atoms with Crippen molar-refractivity contribution in [1.82, 2.24) is 19.2 Å². The minimum atomic E-state index is -0.928. The lowest BCUT2D eigenvalue weighted by Crippen LogP contribution is -2.38. The second kappa shape index (κ2) is 18.3. The van der Waals surface area contributed by atoms with Gasteiger partial charge in [-0.3, -0.25) is 9.58 Å². The van der Waals surface area contributed by atoms with Crippen LogP contribution in [0.1, 0.15) is 60.5 Å². The number of hydrogen-bond donors (Lipinski definition) is 1. The number of carboxylic acid groups (broad SMARTS) is 1. The average molecular weight is 800 g/mol. The highest BCUT2D eigenvalue weighted by atomic mass is 16.5. The zero-order chi connectivity index (χ0) is 40.9. The number of aromatic carboxylic acids is 1. The summed E-state index contributed by atoms with van der Waals surface area (Å²) < 4.78 is 28.4. The Morgan fingerprint density at radius 2 is 1.61 bits per heavy atom. The van der Waals surface area contributed by atoms with Crippen LogP contribution in [0.25, 0.3) is 32.8 Å². The molecule has 8 rings (SSSR count). The molecule has 1 N–H and O–H groups in total. The summed E-state index contributed by atoms with van der Waals surface area (Å²) in [5.74, 6) is 0.689. The van der Waals surface area contributed by atoms with Crippen molar-refractivity contribution in [3.05, 3.63) is 108 Å². The highest BCUT2D eigenvalue weighted by Gasteiger charge is 2.28. The first-order valence-electron chi connectivity index (χ1n) is 21.2. The summed E-state index contributed by atoms with van der Waals surface area (Å²) in [4.78, 5) is 18.1. The first-order chi connectivity index (χ1) is 28.7. The molecule has 0 bridgehead atoms. The van der Waals surface area contributed by atoms with E-state index in [1.807, 2.05) is 65.7 Å². The van der Waals surface area contributed by atoms with Gasteiger partial charge in [-0.15, -0.1) is 0 Å². The van der Waals surface area contributed by atoms with Crippen LogP contribution in [0.15, 0.2) is 84.9 Å². The van der Waals surface area contributed by atoms with Crippen LogP contribution >= 0.6 is 0 Å². The molecular weight excluding hydrogens is 743 g/mol. The minimum absolute atomic E-state index is 0.253. The molecule has 2 fully saturated rings. The number of morpholine rings is 1. The Hall–Kier alpha value is -5.36. The number of para-hydroxylation sites is 1. The predicted octanol–water partition coefficient (Wildman–Crippen LogP) is 8.52. The van der Waals surface area contributed by atoms with Gasteiger partial charge < -0.3 is 33.5 Å². The highest BCUT2D eigenvalue weighted by Crippen LogP contribution is 2.39. The standard InChI is InChI=1S/C48H57N5O6/c1-33(2)59-38-21-23-52(24-22-38)36-17-19-37(20-18-36)58-32-43-45(34(3)49-50(43)4)42-14-8-13-40-41(15-9-29-57-44-16-7-11-35-10-5-6-12-39(35)44)47(48(54)55)53(46(40)42)26-25-51-27-30-56-31-28-51/h5-8,10-14,16-20,33,38H,9,15,21-32H2,1-4H3,(H,54,55). The third-order valence-electron chi connectivity index (χ3n) is 11.8. The van der Waals surface area contributed by atoms with Crippen LogP contribution in [0.2, 0.25) is 0 Å². The number of piperidine rings is 1. The van der Waals surface area contributed by atoms with Gasteiger partial charge in [0.1, 0.15) is 23.8 Å². The Balaban J connectivity index is 1.07. The van der Waals surface area contributed by atoms with Crippen molar-refractivity contribution in [3.8, 4) is 22.6 Å². The largest absolute Gasteiger partial charge is 0.493 e. The number of rotatable bonds is 16. The number of aromatic nitrogens is 3. The van der Waals surface area contributed by atoms with Gasteiger partial charge in [0.25, 0.3) is 0 Å². The second-order valence-electron chi connectivity index (χ2n) is 16.1. The Morgan fingerprint density at radius 3 is 2.37 bits per heavy atom. The van der Waals surface area contributed by atoms with Gasteiger partial charge in [-0.05, 0) is 87.7 Å².